The van der Waals surface area contributed by atoms with Gasteiger partial charge < -0.3 is 14.9 Å². The van der Waals surface area contributed by atoms with Crippen molar-refractivity contribution in [1.29, 1.82) is 0 Å². The summed E-state index contributed by atoms with van der Waals surface area (Å²) in [5.74, 6) is -0.665. The first-order valence-corrected chi connectivity index (χ1v) is 5.42. The maximum atomic E-state index is 11.5. The third kappa shape index (κ3) is 3.56. The Kier molecular flexibility index (Phi) is 3.77. The number of urea groups is 1. The molecule has 3 N–H and O–H groups in total. The number of benzene rings is 1. The van der Waals surface area contributed by atoms with Crippen molar-refractivity contribution in [2.24, 2.45) is 0 Å². The lowest BCUT2D eigenvalue weighted by molar-refractivity contribution is 0.0697. The molecule has 0 aliphatic heterocycles. The quantitative estimate of drug-likeness (QED) is 0.776. The summed E-state index contributed by atoms with van der Waals surface area (Å²) in [4.78, 5) is 22.1. The van der Waals surface area contributed by atoms with Crippen LogP contribution in [-0.4, -0.2) is 22.3 Å². The van der Waals surface area contributed by atoms with Crippen LogP contribution >= 0.6 is 0 Å². The number of carboxylic acids is 1. The van der Waals surface area contributed by atoms with Crippen LogP contribution < -0.4 is 10.6 Å². The Hall–Kier alpha value is -2.83. The van der Waals surface area contributed by atoms with Crippen molar-refractivity contribution in [1.82, 2.24) is 10.5 Å². The highest BCUT2D eigenvalue weighted by Crippen LogP contribution is 2.05. The fourth-order valence-corrected chi connectivity index (χ4v) is 1.39. The molecule has 98 valence electrons. The molecule has 0 spiro atoms. The van der Waals surface area contributed by atoms with Gasteiger partial charge in [0.2, 0.25) is 0 Å². The normalized spacial score (nSPS) is 9.89. The van der Waals surface area contributed by atoms with E-state index in [-0.39, 0.29) is 12.1 Å². The molecule has 0 fully saturated rings. The number of nitrogens with zero attached hydrogens (tertiary/aromatic N) is 1. The molecular formula is C12H11N3O4. The average molecular weight is 261 g/mol. The van der Waals surface area contributed by atoms with E-state index in [4.69, 9.17) is 5.11 Å². The lowest BCUT2D eigenvalue weighted by Crippen LogP contribution is -2.28. The molecule has 7 heteroatoms. The molecule has 0 unspecified atom stereocenters. The van der Waals surface area contributed by atoms with E-state index in [0.717, 1.165) is 5.56 Å². The van der Waals surface area contributed by atoms with E-state index in [0.29, 0.717) is 5.82 Å². The van der Waals surface area contributed by atoms with E-state index in [1.807, 2.05) is 0 Å². The van der Waals surface area contributed by atoms with Gasteiger partial charge in [0, 0.05) is 12.6 Å². The van der Waals surface area contributed by atoms with Crippen molar-refractivity contribution in [3.05, 3.63) is 47.7 Å². The molecule has 0 radical (unpaired) electrons. The second-order valence-electron chi connectivity index (χ2n) is 3.69. The van der Waals surface area contributed by atoms with Crippen LogP contribution in [0.1, 0.15) is 15.9 Å². The lowest BCUT2D eigenvalue weighted by Gasteiger charge is -2.05. The van der Waals surface area contributed by atoms with Crippen molar-refractivity contribution in [3.63, 3.8) is 0 Å². The maximum absolute atomic E-state index is 11.5. The first-order valence-electron chi connectivity index (χ1n) is 5.42. The van der Waals surface area contributed by atoms with Crippen LogP contribution in [0.2, 0.25) is 0 Å². The van der Waals surface area contributed by atoms with Crippen molar-refractivity contribution in [3.8, 4) is 0 Å². The highest BCUT2D eigenvalue weighted by molar-refractivity contribution is 5.88. The zero-order chi connectivity index (χ0) is 13.7. The summed E-state index contributed by atoms with van der Waals surface area (Å²) in [7, 11) is 0. The van der Waals surface area contributed by atoms with Crippen LogP contribution in [0.5, 0.6) is 0 Å². The van der Waals surface area contributed by atoms with Crippen LogP contribution in [0.3, 0.4) is 0 Å². The largest absolute Gasteiger partial charge is 0.478 e. The molecule has 2 amide bonds. The first-order chi connectivity index (χ1) is 9.15. The highest BCUT2D eigenvalue weighted by atomic mass is 16.5. The van der Waals surface area contributed by atoms with E-state index in [9.17, 15) is 9.59 Å². The second-order valence-corrected chi connectivity index (χ2v) is 3.69. The Labute approximate surface area is 108 Å². The molecule has 2 rings (SSSR count). The summed E-state index contributed by atoms with van der Waals surface area (Å²) in [6.07, 6.45) is 1.35. The van der Waals surface area contributed by atoms with Gasteiger partial charge >= 0.3 is 12.0 Å². The molecule has 2 aromatic rings. The van der Waals surface area contributed by atoms with Gasteiger partial charge in [0.05, 0.1) is 5.56 Å². The Bertz CT molecular complexity index is 563. The summed E-state index contributed by atoms with van der Waals surface area (Å²) in [5.41, 5.74) is 0.996. The number of amides is 2. The van der Waals surface area contributed by atoms with Gasteiger partial charge in [-0.25, -0.2) is 9.59 Å². The maximum Gasteiger partial charge on any atom is 0.335 e. The molecule has 19 heavy (non-hydrogen) atoms. The van der Waals surface area contributed by atoms with Crippen molar-refractivity contribution in [2.45, 2.75) is 6.54 Å². The second kappa shape index (κ2) is 5.67. The number of hydrogen-bond donors (Lipinski definition) is 3. The number of anilines is 1. The number of aromatic carboxylic acids is 1. The predicted molar refractivity (Wildman–Crippen MR) is 65.8 cm³/mol. The summed E-state index contributed by atoms with van der Waals surface area (Å²) in [6.45, 7) is 0.281. The molecule has 0 bridgehead atoms. The third-order valence-electron chi connectivity index (χ3n) is 2.33. The summed E-state index contributed by atoms with van der Waals surface area (Å²) >= 11 is 0. The number of carbonyl (C=O) groups is 2. The minimum Gasteiger partial charge on any atom is -0.478 e. The van der Waals surface area contributed by atoms with Crippen molar-refractivity contribution >= 4 is 17.8 Å². The van der Waals surface area contributed by atoms with E-state index >= 15 is 0 Å². The van der Waals surface area contributed by atoms with Gasteiger partial charge in [-0.15, -0.1) is 0 Å². The number of carboxylic acid groups (broad SMARTS) is 1. The zero-order valence-electron chi connectivity index (χ0n) is 9.79. The molecule has 1 aromatic carbocycles. The van der Waals surface area contributed by atoms with E-state index in [2.05, 4.69) is 20.3 Å². The molecule has 1 aromatic heterocycles. The van der Waals surface area contributed by atoms with Crippen LogP contribution in [-0.2, 0) is 6.54 Å². The highest BCUT2D eigenvalue weighted by Gasteiger charge is 2.05. The van der Waals surface area contributed by atoms with E-state index in [1.54, 1.807) is 12.1 Å². The van der Waals surface area contributed by atoms with Gasteiger partial charge in [-0.2, -0.15) is 0 Å². The van der Waals surface area contributed by atoms with Gasteiger partial charge in [0.1, 0.15) is 6.26 Å². The fraction of sp³-hybridized carbons (Fsp3) is 0.0833. The number of aromatic nitrogens is 1. The Balaban J connectivity index is 1.84. The molecule has 0 saturated heterocycles. The van der Waals surface area contributed by atoms with Gasteiger partial charge in [-0.05, 0) is 17.7 Å². The summed E-state index contributed by atoms with van der Waals surface area (Å²) < 4.78 is 4.57. The SMILES string of the molecule is O=C(NCc1ccc(C(=O)O)cc1)Nc1ccon1. The molecule has 0 atom stereocenters. The van der Waals surface area contributed by atoms with Crippen LogP contribution in [0.15, 0.2) is 41.1 Å². The molecule has 0 aliphatic carbocycles. The van der Waals surface area contributed by atoms with Crippen LogP contribution in [0.25, 0.3) is 0 Å². The standard InChI is InChI=1S/C12H11N3O4/c16-11(17)9-3-1-8(2-4-9)7-13-12(18)14-10-5-6-19-15-10/h1-6H,7H2,(H,16,17)(H2,13,14,15,18). The monoisotopic (exact) mass is 261 g/mol. The molecular weight excluding hydrogens is 250 g/mol. The third-order valence-corrected chi connectivity index (χ3v) is 2.33. The smallest absolute Gasteiger partial charge is 0.335 e. The van der Waals surface area contributed by atoms with Crippen LogP contribution in [0.4, 0.5) is 10.6 Å². The van der Waals surface area contributed by atoms with Crippen molar-refractivity contribution in [2.75, 3.05) is 5.32 Å². The van der Waals surface area contributed by atoms with Gasteiger partial charge in [0.15, 0.2) is 5.82 Å². The first kappa shape index (κ1) is 12.6. The number of rotatable bonds is 4. The Morgan fingerprint density at radius 1 is 1.21 bits per heavy atom. The van der Waals surface area contributed by atoms with Crippen molar-refractivity contribution < 1.29 is 19.2 Å². The molecule has 7 nitrogen and oxygen atoms in total. The Morgan fingerprint density at radius 3 is 2.53 bits per heavy atom. The van der Waals surface area contributed by atoms with Gasteiger partial charge in [-0.3, -0.25) is 5.32 Å². The zero-order valence-corrected chi connectivity index (χ0v) is 9.79. The minimum absolute atomic E-state index is 0.204. The average Bonchev–Trinajstić information content (AvgIpc) is 2.89. The van der Waals surface area contributed by atoms with E-state index < -0.39 is 12.0 Å². The summed E-state index contributed by atoms with van der Waals surface area (Å²) in [5, 5.41) is 17.4. The molecule has 1 heterocycles. The number of hydrogen-bond acceptors (Lipinski definition) is 4. The topological polar surface area (TPSA) is 104 Å². The van der Waals surface area contributed by atoms with Gasteiger partial charge in [0.25, 0.3) is 0 Å². The van der Waals surface area contributed by atoms with E-state index in [1.165, 1.54) is 24.5 Å². The number of nitrogens with one attached hydrogen (secondary N) is 2. The van der Waals surface area contributed by atoms with Gasteiger partial charge in [-0.1, -0.05) is 17.3 Å². The Morgan fingerprint density at radius 2 is 1.95 bits per heavy atom. The van der Waals surface area contributed by atoms with Crippen LogP contribution in [0, 0.1) is 0 Å². The molecule has 0 aliphatic rings. The fourth-order valence-electron chi connectivity index (χ4n) is 1.39. The number of carbonyl (C=O) groups excluding carboxylic acids is 1. The predicted octanol–water partition coefficient (Wildman–Crippen LogP) is 1.69. The summed E-state index contributed by atoms with van der Waals surface area (Å²) in [6, 6.07) is 7.33. The lowest BCUT2D eigenvalue weighted by atomic mass is 10.1. The molecule has 0 saturated carbocycles. The minimum atomic E-state index is -0.983.